The number of rotatable bonds is 12. The lowest BCUT2D eigenvalue weighted by Crippen LogP contribution is -2.40. The molecule has 1 atom stereocenters. The Balaban J connectivity index is 1.70. The van der Waals surface area contributed by atoms with Crippen molar-refractivity contribution in [3.63, 3.8) is 0 Å². The fourth-order valence-corrected chi connectivity index (χ4v) is 3.10. The molecule has 3 nitrogen and oxygen atoms in total. The molecule has 0 saturated carbocycles. The number of nitrogens with one attached hydrogen (secondary N) is 2. The molecule has 27 heavy (non-hydrogen) atoms. The van der Waals surface area contributed by atoms with Crippen LogP contribution in [0.5, 0.6) is 5.75 Å². The maximum Gasteiger partial charge on any atom is 0.118 e. The predicted octanol–water partition coefficient (Wildman–Crippen LogP) is 4.55. The van der Waals surface area contributed by atoms with Crippen molar-refractivity contribution in [1.29, 1.82) is 0 Å². The summed E-state index contributed by atoms with van der Waals surface area (Å²) in [4.78, 5) is 0. The normalized spacial score (nSPS) is 12.6. The van der Waals surface area contributed by atoms with Gasteiger partial charge in [-0.3, -0.25) is 0 Å². The highest BCUT2D eigenvalue weighted by Gasteiger charge is 2.09. The van der Waals surface area contributed by atoms with E-state index in [1.807, 2.05) is 18.2 Å². The van der Waals surface area contributed by atoms with E-state index in [-0.39, 0.29) is 0 Å². The van der Waals surface area contributed by atoms with E-state index in [0.29, 0.717) is 12.0 Å². The van der Waals surface area contributed by atoms with E-state index in [4.69, 9.17) is 4.74 Å². The average Bonchev–Trinajstić information content (AvgIpc) is 2.69. The Morgan fingerprint density at radius 3 is 2.41 bits per heavy atom. The van der Waals surface area contributed by atoms with Gasteiger partial charge in [-0.05, 0) is 48.6 Å². The SMILES string of the molecule is COc1ccc(CCNCC(CC(C)C)NC/C=C/c2ccccc2)cc1. The van der Waals surface area contributed by atoms with E-state index >= 15 is 0 Å². The third-order valence-electron chi connectivity index (χ3n) is 4.53. The highest BCUT2D eigenvalue weighted by atomic mass is 16.5. The number of hydrogen-bond acceptors (Lipinski definition) is 3. The van der Waals surface area contributed by atoms with Crippen molar-refractivity contribution in [3.05, 3.63) is 71.8 Å². The van der Waals surface area contributed by atoms with Crippen molar-refractivity contribution in [2.75, 3.05) is 26.7 Å². The Bertz CT molecular complexity index is 650. The first-order chi connectivity index (χ1) is 13.2. The van der Waals surface area contributed by atoms with Gasteiger partial charge < -0.3 is 15.4 Å². The zero-order valence-electron chi connectivity index (χ0n) is 16.9. The van der Waals surface area contributed by atoms with Crippen molar-refractivity contribution in [2.45, 2.75) is 32.7 Å². The summed E-state index contributed by atoms with van der Waals surface area (Å²) < 4.78 is 5.21. The van der Waals surface area contributed by atoms with Crippen LogP contribution in [0.25, 0.3) is 6.08 Å². The van der Waals surface area contributed by atoms with E-state index in [1.165, 1.54) is 17.5 Å². The predicted molar refractivity (Wildman–Crippen MR) is 116 cm³/mol. The minimum Gasteiger partial charge on any atom is -0.497 e. The van der Waals surface area contributed by atoms with Crippen molar-refractivity contribution in [3.8, 4) is 5.75 Å². The van der Waals surface area contributed by atoms with Gasteiger partial charge in [0.2, 0.25) is 0 Å². The highest BCUT2D eigenvalue weighted by Crippen LogP contribution is 2.11. The molecule has 0 fully saturated rings. The lowest BCUT2D eigenvalue weighted by molar-refractivity contribution is 0.411. The highest BCUT2D eigenvalue weighted by molar-refractivity contribution is 5.48. The fraction of sp³-hybridized carbons (Fsp3) is 0.417. The molecule has 3 heteroatoms. The molecule has 0 amide bonds. The van der Waals surface area contributed by atoms with Crippen LogP contribution in [0.1, 0.15) is 31.4 Å². The van der Waals surface area contributed by atoms with Gasteiger partial charge in [0, 0.05) is 19.1 Å². The Kier molecular flexibility index (Phi) is 9.67. The summed E-state index contributed by atoms with van der Waals surface area (Å²) in [5.41, 5.74) is 2.58. The van der Waals surface area contributed by atoms with Crippen LogP contribution in [0.2, 0.25) is 0 Å². The molecule has 2 rings (SSSR count). The van der Waals surface area contributed by atoms with Crippen molar-refractivity contribution in [2.24, 2.45) is 5.92 Å². The second-order valence-corrected chi connectivity index (χ2v) is 7.35. The largest absolute Gasteiger partial charge is 0.497 e. The molecule has 0 heterocycles. The Labute approximate surface area is 164 Å². The molecule has 0 bridgehead atoms. The summed E-state index contributed by atoms with van der Waals surface area (Å²) in [7, 11) is 1.70. The minimum atomic E-state index is 0.487. The Hall–Kier alpha value is -2.10. The molecule has 2 aromatic rings. The molecule has 0 saturated heterocycles. The van der Waals surface area contributed by atoms with Crippen LogP contribution in [0.4, 0.5) is 0 Å². The lowest BCUT2D eigenvalue weighted by Gasteiger charge is -2.20. The molecule has 0 aliphatic heterocycles. The van der Waals surface area contributed by atoms with Crippen LogP contribution in [0, 0.1) is 5.92 Å². The van der Waals surface area contributed by atoms with E-state index in [1.54, 1.807) is 7.11 Å². The number of benzene rings is 2. The van der Waals surface area contributed by atoms with Crippen molar-refractivity contribution < 1.29 is 4.74 Å². The quantitative estimate of drug-likeness (QED) is 0.541. The monoisotopic (exact) mass is 366 g/mol. The van der Waals surface area contributed by atoms with E-state index in [9.17, 15) is 0 Å². The van der Waals surface area contributed by atoms with Gasteiger partial charge in [-0.25, -0.2) is 0 Å². The summed E-state index contributed by atoms with van der Waals surface area (Å²) in [6.07, 6.45) is 6.59. The van der Waals surface area contributed by atoms with E-state index in [2.05, 4.69) is 73.0 Å². The van der Waals surface area contributed by atoms with Gasteiger partial charge in [0.05, 0.1) is 7.11 Å². The molecular formula is C24H34N2O. The third-order valence-corrected chi connectivity index (χ3v) is 4.53. The molecule has 1 unspecified atom stereocenters. The zero-order valence-corrected chi connectivity index (χ0v) is 16.9. The smallest absolute Gasteiger partial charge is 0.118 e. The zero-order chi connectivity index (χ0) is 19.3. The Morgan fingerprint density at radius 2 is 1.74 bits per heavy atom. The molecule has 0 radical (unpaired) electrons. The van der Waals surface area contributed by atoms with Gasteiger partial charge in [-0.1, -0.05) is 68.5 Å². The van der Waals surface area contributed by atoms with Crippen LogP contribution in [0.3, 0.4) is 0 Å². The fourth-order valence-electron chi connectivity index (χ4n) is 3.10. The summed E-state index contributed by atoms with van der Waals surface area (Å²) in [5, 5.41) is 7.28. The second-order valence-electron chi connectivity index (χ2n) is 7.35. The van der Waals surface area contributed by atoms with Gasteiger partial charge in [-0.15, -0.1) is 0 Å². The maximum absolute atomic E-state index is 5.21. The number of ether oxygens (including phenoxy) is 1. The average molecular weight is 367 g/mol. The molecule has 0 aliphatic carbocycles. The first-order valence-electron chi connectivity index (χ1n) is 9.96. The van der Waals surface area contributed by atoms with Crippen LogP contribution in [0.15, 0.2) is 60.7 Å². The summed E-state index contributed by atoms with van der Waals surface area (Å²) in [6.45, 7) is 7.44. The second kappa shape index (κ2) is 12.3. The lowest BCUT2D eigenvalue weighted by atomic mass is 10.0. The van der Waals surface area contributed by atoms with Crippen LogP contribution in [-0.4, -0.2) is 32.8 Å². The van der Waals surface area contributed by atoms with E-state index in [0.717, 1.165) is 31.8 Å². The topological polar surface area (TPSA) is 33.3 Å². The van der Waals surface area contributed by atoms with Gasteiger partial charge in [0.15, 0.2) is 0 Å². The molecular weight excluding hydrogens is 332 g/mol. The summed E-state index contributed by atoms with van der Waals surface area (Å²) in [5.74, 6) is 1.60. The Morgan fingerprint density at radius 1 is 1.00 bits per heavy atom. The summed E-state index contributed by atoms with van der Waals surface area (Å²) >= 11 is 0. The van der Waals surface area contributed by atoms with E-state index < -0.39 is 0 Å². The number of methoxy groups -OCH3 is 1. The standard InChI is InChI=1S/C24H34N2O/c1-20(2)18-23(26-16-7-10-21-8-5-4-6-9-21)19-25-17-15-22-11-13-24(27-3)14-12-22/h4-14,20,23,25-26H,15-19H2,1-3H3/b10-7+. The molecule has 146 valence electrons. The van der Waals surface area contributed by atoms with Crippen molar-refractivity contribution >= 4 is 6.08 Å². The van der Waals surface area contributed by atoms with Gasteiger partial charge in [0.1, 0.15) is 5.75 Å². The first kappa shape index (κ1) is 21.2. The van der Waals surface area contributed by atoms with Crippen molar-refractivity contribution in [1.82, 2.24) is 10.6 Å². The minimum absolute atomic E-state index is 0.487. The maximum atomic E-state index is 5.21. The molecule has 0 spiro atoms. The van der Waals surface area contributed by atoms with Gasteiger partial charge >= 0.3 is 0 Å². The van der Waals surface area contributed by atoms with Crippen LogP contribution < -0.4 is 15.4 Å². The van der Waals surface area contributed by atoms with Crippen LogP contribution >= 0.6 is 0 Å². The molecule has 2 N–H and O–H groups in total. The summed E-state index contributed by atoms with van der Waals surface area (Å²) in [6, 6.07) is 19.3. The van der Waals surface area contributed by atoms with Crippen LogP contribution in [-0.2, 0) is 6.42 Å². The van der Waals surface area contributed by atoms with Gasteiger partial charge in [0.25, 0.3) is 0 Å². The van der Waals surface area contributed by atoms with Gasteiger partial charge in [-0.2, -0.15) is 0 Å². The third kappa shape index (κ3) is 8.89. The number of hydrogen-bond donors (Lipinski definition) is 2. The molecule has 0 aliphatic rings. The first-order valence-corrected chi connectivity index (χ1v) is 9.96. The molecule has 0 aromatic heterocycles. The molecule has 2 aromatic carbocycles.